The number of rotatable bonds is 5. The SMILES string of the molecule is CCOC(=O)c1nc(Cl)nc(N2CCOCC2)c1OCC. The van der Waals surface area contributed by atoms with Crippen molar-refractivity contribution in [1.82, 2.24) is 9.97 Å². The van der Waals surface area contributed by atoms with E-state index in [1.165, 1.54) is 0 Å². The van der Waals surface area contributed by atoms with Crippen molar-refractivity contribution in [3.05, 3.63) is 11.0 Å². The van der Waals surface area contributed by atoms with Crippen molar-refractivity contribution in [2.45, 2.75) is 13.8 Å². The Labute approximate surface area is 128 Å². The molecule has 0 aromatic carbocycles. The van der Waals surface area contributed by atoms with Gasteiger partial charge in [0, 0.05) is 13.1 Å². The van der Waals surface area contributed by atoms with Crippen LogP contribution in [-0.2, 0) is 9.47 Å². The Hall–Kier alpha value is -1.60. The Morgan fingerprint density at radius 2 is 2.00 bits per heavy atom. The lowest BCUT2D eigenvalue weighted by molar-refractivity contribution is 0.0514. The highest BCUT2D eigenvalue weighted by atomic mass is 35.5. The van der Waals surface area contributed by atoms with Gasteiger partial charge in [-0.05, 0) is 25.4 Å². The average molecular weight is 316 g/mol. The molecule has 2 heterocycles. The number of ether oxygens (including phenoxy) is 3. The first-order valence-corrected chi connectivity index (χ1v) is 7.25. The predicted molar refractivity (Wildman–Crippen MR) is 77.2 cm³/mol. The van der Waals surface area contributed by atoms with Crippen LogP contribution in [0.2, 0.25) is 5.28 Å². The molecule has 0 radical (unpaired) electrons. The Morgan fingerprint density at radius 1 is 1.29 bits per heavy atom. The molecule has 0 aliphatic carbocycles. The molecule has 1 aliphatic heterocycles. The molecule has 0 saturated carbocycles. The smallest absolute Gasteiger partial charge is 0.361 e. The van der Waals surface area contributed by atoms with E-state index >= 15 is 0 Å². The molecule has 0 N–H and O–H groups in total. The molecule has 1 aromatic heterocycles. The number of carbonyl (C=O) groups excluding carboxylic acids is 1. The van der Waals surface area contributed by atoms with E-state index < -0.39 is 5.97 Å². The number of esters is 1. The number of hydrogen-bond acceptors (Lipinski definition) is 7. The predicted octanol–water partition coefficient (Wildman–Crippen LogP) is 1.54. The summed E-state index contributed by atoms with van der Waals surface area (Å²) >= 11 is 5.94. The monoisotopic (exact) mass is 315 g/mol. The van der Waals surface area contributed by atoms with Crippen molar-refractivity contribution in [3.8, 4) is 5.75 Å². The number of carbonyl (C=O) groups is 1. The molecular weight excluding hydrogens is 298 g/mol. The second-order valence-corrected chi connectivity index (χ2v) is 4.58. The number of nitrogens with zero attached hydrogens (tertiary/aromatic N) is 3. The maximum atomic E-state index is 12.0. The third-order valence-corrected chi connectivity index (χ3v) is 3.06. The van der Waals surface area contributed by atoms with Crippen LogP contribution in [0.4, 0.5) is 5.82 Å². The van der Waals surface area contributed by atoms with Gasteiger partial charge in [-0.3, -0.25) is 0 Å². The summed E-state index contributed by atoms with van der Waals surface area (Å²) in [5.41, 5.74) is 0.0557. The van der Waals surface area contributed by atoms with E-state index in [1.54, 1.807) is 6.92 Å². The van der Waals surface area contributed by atoms with Crippen LogP contribution < -0.4 is 9.64 Å². The van der Waals surface area contributed by atoms with Crippen LogP contribution in [0, 0.1) is 0 Å². The molecule has 1 aromatic rings. The Kier molecular flexibility index (Phi) is 5.58. The van der Waals surface area contributed by atoms with E-state index in [0.29, 0.717) is 44.5 Å². The molecule has 1 aliphatic rings. The van der Waals surface area contributed by atoms with E-state index in [0.717, 1.165) is 0 Å². The van der Waals surface area contributed by atoms with Gasteiger partial charge in [0.25, 0.3) is 0 Å². The lowest BCUT2D eigenvalue weighted by Gasteiger charge is -2.29. The Morgan fingerprint density at radius 3 is 2.62 bits per heavy atom. The zero-order valence-electron chi connectivity index (χ0n) is 12.1. The summed E-state index contributed by atoms with van der Waals surface area (Å²) in [6.07, 6.45) is 0. The zero-order valence-corrected chi connectivity index (χ0v) is 12.9. The van der Waals surface area contributed by atoms with Crippen LogP contribution in [0.5, 0.6) is 5.75 Å². The highest BCUT2D eigenvalue weighted by Crippen LogP contribution is 2.31. The maximum Gasteiger partial charge on any atom is 0.361 e. The Balaban J connectivity index is 2.43. The van der Waals surface area contributed by atoms with Crippen molar-refractivity contribution in [1.29, 1.82) is 0 Å². The third kappa shape index (κ3) is 3.74. The molecule has 0 atom stereocenters. The zero-order chi connectivity index (χ0) is 15.2. The van der Waals surface area contributed by atoms with Crippen LogP contribution in [0.3, 0.4) is 0 Å². The number of halogens is 1. The van der Waals surface area contributed by atoms with Gasteiger partial charge < -0.3 is 19.1 Å². The summed E-state index contributed by atoms with van der Waals surface area (Å²) in [6.45, 7) is 6.65. The topological polar surface area (TPSA) is 73.8 Å². The third-order valence-electron chi connectivity index (χ3n) is 2.89. The number of morpholine rings is 1. The first-order valence-electron chi connectivity index (χ1n) is 6.87. The van der Waals surface area contributed by atoms with Gasteiger partial charge in [-0.2, -0.15) is 4.98 Å². The first kappa shape index (κ1) is 15.8. The molecule has 0 bridgehead atoms. The first-order chi connectivity index (χ1) is 10.2. The van der Waals surface area contributed by atoms with Crippen LogP contribution >= 0.6 is 11.6 Å². The van der Waals surface area contributed by atoms with Crippen LogP contribution in [0.15, 0.2) is 0 Å². The lowest BCUT2D eigenvalue weighted by atomic mass is 10.3. The minimum Gasteiger partial charge on any atom is -0.488 e. The molecule has 1 saturated heterocycles. The minimum atomic E-state index is -0.570. The molecule has 116 valence electrons. The second-order valence-electron chi connectivity index (χ2n) is 4.25. The maximum absolute atomic E-state index is 12.0. The molecule has 2 rings (SSSR count). The van der Waals surface area contributed by atoms with Crippen molar-refractivity contribution < 1.29 is 19.0 Å². The summed E-state index contributed by atoms with van der Waals surface area (Å²) < 4.78 is 15.9. The van der Waals surface area contributed by atoms with E-state index in [9.17, 15) is 4.79 Å². The summed E-state index contributed by atoms with van der Waals surface area (Å²) in [4.78, 5) is 22.2. The minimum absolute atomic E-state index is 0.0111. The van der Waals surface area contributed by atoms with Gasteiger partial charge in [-0.15, -0.1) is 0 Å². The normalized spacial score (nSPS) is 14.9. The summed E-state index contributed by atoms with van der Waals surface area (Å²) in [6, 6.07) is 0. The van der Waals surface area contributed by atoms with Gasteiger partial charge in [-0.25, -0.2) is 9.78 Å². The standard InChI is InChI=1S/C13H18ClN3O4/c1-3-20-10-9(12(18)21-4-2)15-13(14)16-11(10)17-5-7-19-8-6-17/h3-8H2,1-2H3. The second kappa shape index (κ2) is 7.42. The van der Waals surface area contributed by atoms with Crippen LogP contribution in [0.25, 0.3) is 0 Å². The van der Waals surface area contributed by atoms with Gasteiger partial charge >= 0.3 is 5.97 Å². The van der Waals surface area contributed by atoms with Gasteiger partial charge in [0.2, 0.25) is 5.28 Å². The molecule has 1 fully saturated rings. The molecule has 0 unspecified atom stereocenters. The van der Waals surface area contributed by atoms with E-state index in [4.69, 9.17) is 25.8 Å². The molecule has 8 heteroatoms. The van der Waals surface area contributed by atoms with E-state index in [-0.39, 0.29) is 17.6 Å². The van der Waals surface area contributed by atoms with Gasteiger partial charge in [0.05, 0.1) is 26.4 Å². The van der Waals surface area contributed by atoms with E-state index in [2.05, 4.69) is 9.97 Å². The average Bonchev–Trinajstić information content (AvgIpc) is 2.50. The van der Waals surface area contributed by atoms with Crippen molar-refractivity contribution >= 4 is 23.4 Å². The Bertz CT molecular complexity index is 506. The summed E-state index contributed by atoms with van der Waals surface area (Å²) in [7, 11) is 0. The lowest BCUT2D eigenvalue weighted by Crippen LogP contribution is -2.37. The van der Waals surface area contributed by atoms with Crippen molar-refractivity contribution in [2.75, 3.05) is 44.4 Å². The highest BCUT2D eigenvalue weighted by molar-refractivity contribution is 6.28. The quantitative estimate of drug-likeness (QED) is 0.602. The van der Waals surface area contributed by atoms with Crippen molar-refractivity contribution in [3.63, 3.8) is 0 Å². The van der Waals surface area contributed by atoms with Gasteiger partial charge in [0.1, 0.15) is 0 Å². The number of hydrogen-bond donors (Lipinski definition) is 0. The summed E-state index contributed by atoms with van der Waals surface area (Å²) in [5.74, 6) is 0.241. The fraction of sp³-hybridized carbons (Fsp3) is 0.615. The molecule has 21 heavy (non-hydrogen) atoms. The van der Waals surface area contributed by atoms with Crippen LogP contribution in [-0.4, -0.2) is 55.5 Å². The van der Waals surface area contributed by atoms with Gasteiger partial charge in [-0.1, -0.05) is 0 Å². The fourth-order valence-corrected chi connectivity index (χ4v) is 2.18. The van der Waals surface area contributed by atoms with E-state index in [1.807, 2.05) is 11.8 Å². The van der Waals surface area contributed by atoms with Gasteiger partial charge in [0.15, 0.2) is 17.3 Å². The molecule has 7 nitrogen and oxygen atoms in total. The number of anilines is 1. The van der Waals surface area contributed by atoms with Crippen LogP contribution in [0.1, 0.15) is 24.3 Å². The molecule has 0 spiro atoms. The largest absolute Gasteiger partial charge is 0.488 e. The fourth-order valence-electron chi connectivity index (χ4n) is 2.02. The summed E-state index contributed by atoms with van der Waals surface area (Å²) in [5, 5.41) is -0.0111. The molecule has 0 amide bonds. The van der Waals surface area contributed by atoms with Crippen molar-refractivity contribution in [2.24, 2.45) is 0 Å². The highest BCUT2D eigenvalue weighted by Gasteiger charge is 2.26. The number of aromatic nitrogens is 2. The molecular formula is C13H18ClN3O4.